The number of aromatic nitrogens is 2. The summed E-state index contributed by atoms with van der Waals surface area (Å²) in [5.41, 5.74) is 1.36. The molecular formula is C12H21N3. The van der Waals surface area contributed by atoms with Gasteiger partial charge in [0.15, 0.2) is 0 Å². The second-order valence-electron chi connectivity index (χ2n) is 4.44. The van der Waals surface area contributed by atoms with Crippen molar-refractivity contribution < 1.29 is 0 Å². The average Bonchev–Trinajstić information content (AvgIpc) is 2.60. The van der Waals surface area contributed by atoms with Gasteiger partial charge in [0.2, 0.25) is 0 Å². The number of hydrogen-bond donors (Lipinski definition) is 1. The lowest BCUT2D eigenvalue weighted by Crippen LogP contribution is -2.31. The Morgan fingerprint density at radius 3 is 2.93 bits per heavy atom. The minimum Gasteiger partial charge on any atom is -0.311 e. The zero-order valence-electron chi connectivity index (χ0n) is 9.74. The Bertz CT molecular complexity index is 302. The fourth-order valence-corrected chi connectivity index (χ4v) is 2.40. The van der Waals surface area contributed by atoms with E-state index in [0.717, 1.165) is 18.9 Å². The van der Waals surface area contributed by atoms with Gasteiger partial charge in [-0.25, -0.2) is 0 Å². The third kappa shape index (κ3) is 2.07. The van der Waals surface area contributed by atoms with E-state index in [4.69, 9.17) is 0 Å². The summed E-state index contributed by atoms with van der Waals surface area (Å²) in [5, 5.41) is 7.84. The van der Waals surface area contributed by atoms with Crippen molar-refractivity contribution in [1.82, 2.24) is 15.1 Å². The molecule has 15 heavy (non-hydrogen) atoms. The molecule has 1 saturated carbocycles. The largest absolute Gasteiger partial charge is 0.311 e. The molecule has 1 aliphatic carbocycles. The molecule has 0 aromatic carbocycles. The van der Waals surface area contributed by atoms with E-state index in [2.05, 4.69) is 35.1 Å². The highest BCUT2D eigenvalue weighted by Gasteiger charge is 2.29. The van der Waals surface area contributed by atoms with Crippen LogP contribution in [-0.2, 0) is 6.54 Å². The van der Waals surface area contributed by atoms with E-state index in [-0.39, 0.29) is 0 Å². The molecule has 84 valence electrons. The van der Waals surface area contributed by atoms with Gasteiger partial charge in [0.1, 0.15) is 0 Å². The summed E-state index contributed by atoms with van der Waals surface area (Å²) >= 11 is 0. The van der Waals surface area contributed by atoms with Crippen LogP contribution in [-0.4, -0.2) is 16.8 Å². The van der Waals surface area contributed by atoms with Crippen LogP contribution in [0.15, 0.2) is 12.3 Å². The van der Waals surface area contributed by atoms with Crippen molar-refractivity contribution in [1.29, 1.82) is 0 Å². The van der Waals surface area contributed by atoms with E-state index < -0.39 is 0 Å². The summed E-state index contributed by atoms with van der Waals surface area (Å²) in [6.07, 6.45) is 7.19. The summed E-state index contributed by atoms with van der Waals surface area (Å²) < 4.78 is 2.15. The minimum atomic E-state index is 0.507. The second kappa shape index (κ2) is 4.79. The van der Waals surface area contributed by atoms with E-state index >= 15 is 0 Å². The van der Waals surface area contributed by atoms with Crippen LogP contribution in [0.4, 0.5) is 0 Å². The maximum Gasteiger partial charge on any atom is 0.0556 e. The molecule has 2 rings (SSSR count). The summed E-state index contributed by atoms with van der Waals surface area (Å²) in [5.74, 6) is 0.822. The lowest BCUT2D eigenvalue weighted by molar-refractivity contribution is 0.230. The Morgan fingerprint density at radius 1 is 1.60 bits per heavy atom. The van der Waals surface area contributed by atoms with Gasteiger partial charge >= 0.3 is 0 Å². The Morgan fingerprint density at radius 2 is 2.40 bits per heavy atom. The van der Waals surface area contributed by atoms with Gasteiger partial charge in [0.05, 0.1) is 11.7 Å². The molecule has 1 atom stereocenters. The monoisotopic (exact) mass is 207 g/mol. The maximum atomic E-state index is 4.39. The highest BCUT2D eigenvalue weighted by Crippen LogP contribution is 2.37. The number of aryl methyl sites for hydroxylation is 1. The maximum absolute atomic E-state index is 4.39. The number of hydrogen-bond acceptors (Lipinski definition) is 2. The first-order valence-electron chi connectivity index (χ1n) is 6.05. The van der Waals surface area contributed by atoms with Crippen LogP contribution in [0.25, 0.3) is 0 Å². The van der Waals surface area contributed by atoms with Crippen LogP contribution in [0, 0.1) is 5.92 Å². The fraction of sp³-hybridized carbons (Fsp3) is 0.750. The smallest absolute Gasteiger partial charge is 0.0556 e. The van der Waals surface area contributed by atoms with Crippen molar-refractivity contribution in [2.45, 2.75) is 45.2 Å². The predicted octanol–water partition coefficient (Wildman–Crippen LogP) is 2.35. The molecule has 0 bridgehead atoms. The van der Waals surface area contributed by atoms with E-state index in [9.17, 15) is 0 Å². The molecule has 3 nitrogen and oxygen atoms in total. The van der Waals surface area contributed by atoms with Crippen molar-refractivity contribution in [2.24, 2.45) is 5.92 Å². The number of nitrogens with zero attached hydrogens (tertiary/aromatic N) is 2. The fourth-order valence-electron chi connectivity index (χ4n) is 2.40. The summed E-state index contributed by atoms with van der Waals surface area (Å²) in [6.45, 7) is 3.23. The van der Waals surface area contributed by atoms with Crippen LogP contribution in [0.3, 0.4) is 0 Å². The molecule has 1 aromatic rings. The van der Waals surface area contributed by atoms with Gasteiger partial charge in [-0.05, 0) is 38.3 Å². The highest BCUT2D eigenvalue weighted by molar-refractivity contribution is 5.09. The number of nitrogens with one attached hydrogen (secondary N) is 1. The lowest BCUT2D eigenvalue weighted by atomic mass is 9.78. The van der Waals surface area contributed by atoms with Gasteiger partial charge < -0.3 is 5.32 Å². The van der Waals surface area contributed by atoms with Gasteiger partial charge in [-0.15, -0.1) is 0 Å². The zero-order chi connectivity index (χ0) is 10.7. The number of rotatable bonds is 5. The summed E-state index contributed by atoms with van der Waals surface area (Å²) in [7, 11) is 2.06. The van der Waals surface area contributed by atoms with Gasteiger partial charge in [0, 0.05) is 12.7 Å². The summed E-state index contributed by atoms with van der Waals surface area (Å²) in [6, 6.07) is 2.67. The van der Waals surface area contributed by atoms with Gasteiger partial charge in [-0.2, -0.15) is 5.10 Å². The molecule has 1 fully saturated rings. The molecule has 1 aromatic heterocycles. The molecule has 0 saturated heterocycles. The topological polar surface area (TPSA) is 29.9 Å². The van der Waals surface area contributed by atoms with Gasteiger partial charge in [0.25, 0.3) is 0 Å². The Kier molecular flexibility index (Phi) is 3.41. The van der Waals surface area contributed by atoms with E-state index in [0.29, 0.717) is 6.04 Å². The Balaban J connectivity index is 2.13. The van der Waals surface area contributed by atoms with Gasteiger partial charge in [-0.3, -0.25) is 4.68 Å². The lowest BCUT2D eigenvalue weighted by Gasteiger charge is -2.33. The molecule has 0 radical (unpaired) electrons. The van der Waals surface area contributed by atoms with Crippen LogP contribution in [0.1, 0.15) is 44.3 Å². The second-order valence-corrected chi connectivity index (χ2v) is 4.44. The van der Waals surface area contributed by atoms with Crippen molar-refractivity contribution >= 4 is 0 Å². The van der Waals surface area contributed by atoms with E-state index in [1.807, 2.05) is 6.20 Å². The van der Waals surface area contributed by atoms with Crippen LogP contribution in [0.5, 0.6) is 0 Å². The van der Waals surface area contributed by atoms with E-state index in [1.54, 1.807) is 0 Å². The van der Waals surface area contributed by atoms with Crippen LogP contribution < -0.4 is 5.32 Å². The van der Waals surface area contributed by atoms with Crippen molar-refractivity contribution in [3.05, 3.63) is 18.0 Å². The van der Waals surface area contributed by atoms with Crippen molar-refractivity contribution in [3.8, 4) is 0 Å². The zero-order valence-corrected chi connectivity index (χ0v) is 9.74. The van der Waals surface area contributed by atoms with Crippen LogP contribution in [0.2, 0.25) is 0 Å². The average molecular weight is 207 g/mol. The SMILES string of the molecule is CCCn1nccc1C(NC)C1CCC1. The summed E-state index contributed by atoms with van der Waals surface area (Å²) in [4.78, 5) is 0. The minimum absolute atomic E-state index is 0.507. The molecular weight excluding hydrogens is 186 g/mol. The third-order valence-corrected chi connectivity index (χ3v) is 3.44. The molecule has 0 amide bonds. The Labute approximate surface area is 91.9 Å². The quantitative estimate of drug-likeness (QED) is 0.803. The standard InChI is InChI=1S/C12H21N3/c1-3-9-15-11(7-8-14-15)12(13-2)10-5-4-6-10/h7-8,10,12-13H,3-6,9H2,1-2H3. The molecule has 1 unspecified atom stereocenters. The normalized spacial score (nSPS) is 18.8. The molecule has 1 heterocycles. The van der Waals surface area contributed by atoms with Gasteiger partial charge in [-0.1, -0.05) is 13.3 Å². The van der Waals surface area contributed by atoms with Crippen molar-refractivity contribution in [3.63, 3.8) is 0 Å². The first-order chi connectivity index (χ1) is 7.36. The molecule has 3 heteroatoms. The highest BCUT2D eigenvalue weighted by atomic mass is 15.3. The molecule has 0 aliphatic heterocycles. The van der Waals surface area contributed by atoms with Crippen LogP contribution >= 0.6 is 0 Å². The predicted molar refractivity (Wildman–Crippen MR) is 61.7 cm³/mol. The molecule has 1 aliphatic rings. The first-order valence-corrected chi connectivity index (χ1v) is 6.05. The third-order valence-electron chi connectivity index (χ3n) is 3.44. The molecule has 0 spiro atoms. The molecule has 1 N–H and O–H groups in total. The van der Waals surface area contributed by atoms with E-state index in [1.165, 1.54) is 25.0 Å². The Hall–Kier alpha value is -0.830. The first kappa shape index (κ1) is 10.7. The van der Waals surface area contributed by atoms with Crippen molar-refractivity contribution in [2.75, 3.05) is 7.05 Å².